The summed E-state index contributed by atoms with van der Waals surface area (Å²) in [7, 11) is 0. The second-order valence-corrected chi connectivity index (χ2v) is 50.4. The Morgan fingerprint density at radius 1 is 0.403 bits per heavy atom. The van der Waals surface area contributed by atoms with Crippen LogP contribution < -0.4 is 31.9 Å². The number of nitriles is 1. The molecule has 14 aliphatic rings. The fourth-order valence-corrected chi connectivity index (χ4v) is 20.2. The van der Waals surface area contributed by atoms with Gasteiger partial charge in [-0.15, -0.1) is 0 Å². The predicted molar refractivity (Wildman–Crippen MR) is 548 cm³/mol. The van der Waals surface area contributed by atoms with Crippen molar-refractivity contribution >= 4 is 0 Å². The van der Waals surface area contributed by atoms with Crippen molar-refractivity contribution in [1.82, 2.24) is 76.0 Å². The molecule has 27 heteroatoms. The van der Waals surface area contributed by atoms with Crippen LogP contribution in [0, 0.1) is 29.1 Å². The standard InChI is InChI=1S/C19H37N3O.C15H28FNO2.C13H24FNO2.C13H26N2.C12H25FN2.2C12H24N2O.C11H21N3O/c1-19(2,3)20-16-4-6-17(7-5-16)21-10-12-22(13-11-21)18-8-14-23-15-9-18;1-14(2,3)19-12-15(16)6-8-17(9-7-15)13-4-10-18-11-5-13;1-12(2,3)17-10-13(14)4-6-15(7-5-13)11-8-16-9-11;1-11(2)15-8-6-7-12(10-15)9-14-13(3,4)5;1-5-11(8-13)15-7-6-10(9-15)14-12(2,3)4;2*1-12(2,3)13-6-10-4-5-14(7-10)11-8-15-9-11;1-11(2,3)13-8-10-9-14(5-4-12)6-7-15-10/h16-18,20H,4-15H2,1-3H3;13H,4-12H2,1-3H3;11H,4-10H2,1-3H3;12,14H,1,6-10H2,2-5H3;10-11,14H,5-9H2,1-4H3;2*10-11,13H,4-9H2,1-3H3;10,13H,5-9H2,1-3H3/t;;;;10-,11?;2*10-;/m....010./s1. The van der Waals surface area contributed by atoms with Gasteiger partial charge in [0.25, 0.3) is 0 Å². The van der Waals surface area contributed by atoms with Gasteiger partial charge in [-0.3, -0.25) is 39.2 Å². The summed E-state index contributed by atoms with van der Waals surface area (Å²) in [5, 5.41) is 30.2. The molecule has 0 aromatic carbocycles. The van der Waals surface area contributed by atoms with Gasteiger partial charge >= 0.3 is 0 Å². The van der Waals surface area contributed by atoms with E-state index in [2.05, 4.69) is 227 Å². The lowest BCUT2D eigenvalue weighted by molar-refractivity contribution is -0.112. The van der Waals surface area contributed by atoms with Crippen LogP contribution in [-0.4, -0.2) is 403 Å². The molecule has 3 unspecified atom stereocenters. The Labute approximate surface area is 819 Å². The van der Waals surface area contributed by atoms with Crippen LogP contribution in [0.2, 0.25) is 0 Å². The van der Waals surface area contributed by atoms with Crippen molar-refractivity contribution < 1.29 is 51.1 Å². The molecule has 786 valence electrons. The number of nitrogens with one attached hydrogen (secondary N) is 6. The number of hydrogen-bond donors (Lipinski definition) is 6. The van der Waals surface area contributed by atoms with Crippen LogP contribution in [0.4, 0.5) is 13.2 Å². The topological polar surface area (TPSA) is 199 Å². The summed E-state index contributed by atoms with van der Waals surface area (Å²) in [6.07, 6.45) is 20.1. The van der Waals surface area contributed by atoms with Gasteiger partial charge in [0.05, 0.1) is 108 Å². The van der Waals surface area contributed by atoms with Crippen molar-refractivity contribution in [2.24, 2.45) is 17.8 Å². The van der Waals surface area contributed by atoms with Gasteiger partial charge in [-0.05, 0) is 333 Å². The summed E-state index contributed by atoms with van der Waals surface area (Å²) in [6, 6.07) is 7.79. The molecule has 0 bridgehead atoms. The van der Waals surface area contributed by atoms with Gasteiger partial charge < -0.3 is 74.7 Å². The van der Waals surface area contributed by atoms with Crippen LogP contribution in [-0.2, 0) is 37.9 Å². The molecule has 0 aromatic rings. The molecule has 1 saturated carbocycles. The van der Waals surface area contributed by atoms with E-state index >= 15 is 0 Å². The number of halogens is 3. The number of alkyl halides is 3. The Hall–Kier alpha value is -2.06. The number of piperidine rings is 3. The molecule has 134 heavy (non-hydrogen) atoms. The Morgan fingerprint density at radius 2 is 0.784 bits per heavy atom. The van der Waals surface area contributed by atoms with E-state index in [1.165, 1.54) is 135 Å². The number of allylic oxidation sites excluding steroid dienone is 1. The average Bonchev–Trinajstić information content (AvgIpc) is 1.37. The van der Waals surface area contributed by atoms with E-state index in [1.807, 2.05) is 41.5 Å². The van der Waals surface area contributed by atoms with Crippen molar-refractivity contribution in [3.63, 3.8) is 0 Å². The summed E-state index contributed by atoms with van der Waals surface area (Å²) >= 11 is 0. The number of ether oxygens (including phenoxy) is 8. The fourth-order valence-electron chi connectivity index (χ4n) is 20.2. The number of likely N-dealkylation sites (tertiary alicyclic amines) is 6. The Kier molecular flexibility index (Phi) is 50.6. The van der Waals surface area contributed by atoms with Gasteiger partial charge in [0.1, 0.15) is 18.0 Å². The third-order valence-corrected chi connectivity index (χ3v) is 28.8. The molecule has 13 aliphatic heterocycles. The number of piperazine rings is 1. The highest BCUT2D eigenvalue weighted by molar-refractivity contribution is 4.98. The highest BCUT2D eigenvalue weighted by Gasteiger charge is 2.43. The normalized spacial score (nSPS) is 27.5. The fraction of sp³-hybridized carbons (Fsp3) is 0.972. The van der Waals surface area contributed by atoms with Crippen molar-refractivity contribution in [2.75, 3.05) is 243 Å². The van der Waals surface area contributed by atoms with Crippen molar-refractivity contribution in [3.8, 4) is 6.07 Å². The molecule has 0 aromatic heterocycles. The van der Waals surface area contributed by atoms with Crippen molar-refractivity contribution in [2.45, 2.75) is 412 Å². The number of nitrogens with zero attached hydrogens (tertiary/aromatic N) is 10. The van der Waals surface area contributed by atoms with Gasteiger partial charge in [0.2, 0.25) is 0 Å². The molecular formula is C107H209F3N16O8. The van der Waals surface area contributed by atoms with Crippen LogP contribution in [0.5, 0.6) is 0 Å². The lowest BCUT2D eigenvalue weighted by Gasteiger charge is -2.45. The minimum absolute atomic E-state index is 0.126. The lowest BCUT2D eigenvalue weighted by atomic mass is 9.88. The first kappa shape index (κ1) is 119. The molecule has 13 heterocycles. The smallest absolute Gasteiger partial charge is 0.136 e. The molecular weight excluding hydrogens is 1690 g/mol. The number of rotatable bonds is 25. The van der Waals surface area contributed by atoms with Crippen LogP contribution in [0.25, 0.3) is 0 Å². The van der Waals surface area contributed by atoms with E-state index in [0.29, 0.717) is 50.4 Å². The first-order valence-electron chi connectivity index (χ1n) is 53.7. The molecule has 0 radical (unpaired) electrons. The zero-order valence-electron chi connectivity index (χ0n) is 91.0. The predicted octanol–water partition coefficient (Wildman–Crippen LogP) is 14.9. The first-order valence-corrected chi connectivity index (χ1v) is 53.7. The van der Waals surface area contributed by atoms with Gasteiger partial charge in [0, 0.05) is 219 Å². The van der Waals surface area contributed by atoms with Crippen LogP contribution >= 0.6 is 0 Å². The van der Waals surface area contributed by atoms with Crippen LogP contribution in [0.1, 0.15) is 296 Å². The lowest BCUT2D eigenvalue weighted by Crippen LogP contribution is -2.55. The molecule has 0 amide bonds. The summed E-state index contributed by atoms with van der Waals surface area (Å²) in [5.74, 6) is 2.46. The largest absolute Gasteiger partial charge is 0.381 e. The molecule has 6 N–H and O–H groups in total. The summed E-state index contributed by atoms with van der Waals surface area (Å²) < 4.78 is 85.3. The maximum Gasteiger partial charge on any atom is 0.136 e. The van der Waals surface area contributed by atoms with E-state index in [0.717, 1.165) is 225 Å². The maximum atomic E-state index is 14.7. The van der Waals surface area contributed by atoms with Gasteiger partial charge in [-0.2, -0.15) is 5.26 Å². The summed E-state index contributed by atoms with van der Waals surface area (Å²) in [5.41, 5.74) is -0.245. The van der Waals surface area contributed by atoms with Gasteiger partial charge in [0.15, 0.2) is 0 Å². The first-order chi connectivity index (χ1) is 62.7. The van der Waals surface area contributed by atoms with E-state index in [9.17, 15) is 13.2 Å². The highest BCUT2D eigenvalue weighted by atomic mass is 19.1. The summed E-state index contributed by atoms with van der Waals surface area (Å²) in [6.45, 7) is 94.6. The monoisotopic (exact) mass is 1900 g/mol. The van der Waals surface area contributed by atoms with E-state index in [4.69, 9.17) is 43.2 Å². The molecule has 13 saturated heterocycles. The quantitative estimate of drug-likeness (QED) is 0.0471. The SMILES string of the molecule is C=C(C)N1CCCC(CNC(C)(C)C)C1.CC(C)(C)NC1CCC(N2CCN(C3CCOCC3)CC2)CC1.CC(C)(C)NCC1CN(CC#N)CCO1.CC(C)(C)NC[C@@H]1CCN(C2COC2)C1.CC(C)(C)NC[C@H]1CCN(C2COC2)C1.CC(C)(C)OCC1(F)CCN(C2CCOCC2)CC1.CC(C)(C)OCC1(F)CCN(C2COC2)CC1.CCC(CF)N1CC[C@H](NC(C)(C)C)C1. The Balaban J connectivity index is 0.000000210. The number of morpholine rings is 1. The average molecular weight is 1900 g/mol. The van der Waals surface area contributed by atoms with E-state index in [-0.39, 0.29) is 76.5 Å². The zero-order chi connectivity index (χ0) is 98.8. The molecule has 14 fully saturated rings. The van der Waals surface area contributed by atoms with Gasteiger partial charge in [-0.1, -0.05) is 13.5 Å². The second-order valence-electron chi connectivity index (χ2n) is 50.4. The van der Waals surface area contributed by atoms with Crippen LogP contribution in [0.3, 0.4) is 0 Å². The Morgan fingerprint density at radius 3 is 1.15 bits per heavy atom. The summed E-state index contributed by atoms with van der Waals surface area (Å²) in [4.78, 5) is 22.3. The number of hydrogen-bond acceptors (Lipinski definition) is 24. The van der Waals surface area contributed by atoms with Crippen molar-refractivity contribution in [1.29, 1.82) is 5.26 Å². The molecule has 6 atom stereocenters. The molecule has 14 rings (SSSR count). The van der Waals surface area contributed by atoms with Crippen LogP contribution in [0.15, 0.2) is 12.3 Å². The minimum Gasteiger partial charge on any atom is -0.381 e. The third-order valence-electron chi connectivity index (χ3n) is 28.8. The maximum absolute atomic E-state index is 14.7. The Bertz CT molecular complexity index is 3120. The molecule has 1 aliphatic carbocycles. The second kappa shape index (κ2) is 57.0. The third kappa shape index (κ3) is 49.0. The highest BCUT2D eigenvalue weighted by Crippen LogP contribution is 2.35. The van der Waals surface area contributed by atoms with E-state index < -0.39 is 11.3 Å². The molecule has 0 spiro atoms. The van der Waals surface area contributed by atoms with E-state index in [1.54, 1.807) is 0 Å². The van der Waals surface area contributed by atoms with Crippen molar-refractivity contribution in [3.05, 3.63) is 12.3 Å². The van der Waals surface area contributed by atoms with Gasteiger partial charge in [-0.25, -0.2) is 13.2 Å². The molecule has 24 nitrogen and oxygen atoms in total. The minimum atomic E-state index is -1.13. The zero-order valence-corrected chi connectivity index (χ0v) is 91.0.